The summed E-state index contributed by atoms with van der Waals surface area (Å²) >= 11 is 0. The zero-order chi connectivity index (χ0) is 11.1. The van der Waals surface area contributed by atoms with Crippen molar-refractivity contribution in [3.63, 3.8) is 0 Å². The Kier molecular flexibility index (Phi) is 5.50. The number of aliphatic carboxylic acids is 2. The Labute approximate surface area is 81.2 Å². The molecule has 0 amide bonds. The third-order valence-corrected chi connectivity index (χ3v) is 1.67. The van der Waals surface area contributed by atoms with Gasteiger partial charge in [0.15, 0.2) is 0 Å². The van der Waals surface area contributed by atoms with E-state index in [1.54, 1.807) is 0 Å². The minimum absolute atomic E-state index is 0.0387. The highest BCUT2D eigenvalue weighted by molar-refractivity contribution is 5.98. The van der Waals surface area contributed by atoms with Gasteiger partial charge in [-0.25, -0.2) is 9.59 Å². The predicted molar refractivity (Wildman–Crippen MR) is 49.6 cm³/mol. The second-order valence-corrected chi connectivity index (χ2v) is 2.64. The van der Waals surface area contributed by atoms with Gasteiger partial charge in [0, 0.05) is 11.1 Å². The summed E-state index contributed by atoms with van der Waals surface area (Å²) in [5, 5.41) is 17.5. The molecule has 0 aliphatic heterocycles. The van der Waals surface area contributed by atoms with Crippen LogP contribution in [0.4, 0.5) is 0 Å². The van der Waals surface area contributed by atoms with Gasteiger partial charge in [0.1, 0.15) is 0 Å². The monoisotopic (exact) mass is 202 g/mol. The molecule has 6 N–H and O–H groups in total. The van der Waals surface area contributed by atoms with Crippen molar-refractivity contribution < 1.29 is 19.8 Å². The predicted octanol–water partition coefficient (Wildman–Crippen LogP) is -0.850. The molecule has 0 aromatic carbocycles. The highest BCUT2D eigenvalue weighted by atomic mass is 16.4. The fraction of sp³-hybridized carbons (Fsp3) is 0.500. The summed E-state index contributed by atoms with van der Waals surface area (Å²) in [6, 6.07) is 0. The van der Waals surface area contributed by atoms with Crippen molar-refractivity contribution >= 4 is 11.9 Å². The van der Waals surface area contributed by atoms with Gasteiger partial charge in [-0.15, -0.1) is 0 Å². The molecule has 6 heteroatoms. The van der Waals surface area contributed by atoms with Gasteiger partial charge < -0.3 is 21.7 Å². The number of hydrogen-bond acceptors (Lipinski definition) is 4. The lowest BCUT2D eigenvalue weighted by molar-refractivity contribution is -0.136. The van der Waals surface area contributed by atoms with Gasteiger partial charge in [-0.1, -0.05) is 0 Å². The van der Waals surface area contributed by atoms with Gasteiger partial charge in [-0.3, -0.25) is 0 Å². The molecule has 0 fully saturated rings. The Morgan fingerprint density at radius 1 is 0.857 bits per heavy atom. The molecule has 0 rings (SSSR count). The molecular weight excluding hydrogens is 188 g/mol. The van der Waals surface area contributed by atoms with E-state index in [0.717, 1.165) is 0 Å². The Morgan fingerprint density at radius 3 is 1.29 bits per heavy atom. The maximum absolute atomic E-state index is 10.7. The summed E-state index contributed by atoms with van der Waals surface area (Å²) in [5.41, 5.74) is 10.0. The van der Waals surface area contributed by atoms with E-state index in [4.69, 9.17) is 21.7 Å². The molecule has 0 spiro atoms. The molecule has 6 nitrogen and oxygen atoms in total. The molecule has 0 saturated carbocycles. The third-order valence-electron chi connectivity index (χ3n) is 1.67. The lowest BCUT2D eigenvalue weighted by atomic mass is 10.0. The van der Waals surface area contributed by atoms with Gasteiger partial charge in [0.05, 0.1) is 0 Å². The van der Waals surface area contributed by atoms with E-state index in [0.29, 0.717) is 0 Å². The van der Waals surface area contributed by atoms with Crippen molar-refractivity contribution in [2.75, 3.05) is 13.1 Å². The van der Waals surface area contributed by atoms with Crippen LogP contribution >= 0.6 is 0 Å². The largest absolute Gasteiger partial charge is 0.478 e. The van der Waals surface area contributed by atoms with Crippen LogP contribution in [0.1, 0.15) is 12.8 Å². The van der Waals surface area contributed by atoms with E-state index < -0.39 is 11.9 Å². The highest BCUT2D eigenvalue weighted by Crippen LogP contribution is 2.12. The second kappa shape index (κ2) is 6.11. The lowest BCUT2D eigenvalue weighted by Crippen LogP contribution is -2.17. The van der Waals surface area contributed by atoms with Crippen LogP contribution in [-0.2, 0) is 9.59 Å². The minimum atomic E-state index is -1.25. The molecule has 0 aliphatic carbocycles. The fourth-order valence-corrected chi connectivity index (χ4v) is 1.06. The van der Waals surface area contributed by atoms with E-state index in [1.165, 1.54) is 0 Å². The summed E-state index contributed by atoms with van der Waals surface area (Å²) in [5.74, 6) is -2.50. The van der Waals surface area contributed by atoms with Crippen molar-refractivity contribution in [3.8, 4) is 0 Å². The summed E-state index contributed by atoms with van der Waals surface area (Å²) in [4.78, 5) is 21.4. The van der Waals surface area contributed by atoms with Crippen LogP contribution in [0, 0.1) is 0 Å². The first-order valence-corrected chi connectivity index (χ1v) is 4.13. The topological polar surface area (TPSA) is 127 Å². The molecule has 0 aromatic rings. The van der Waals surface area contributed by atoms with Crippen LogP contribution in [0.5, 0.6) is 0 Å². The summed E-state index contributed by atoms with van der Waals surface area (Å²) in [6.07, 6.45) is 0.0773. The first-order valence-electron chi connectivity index (χ1n) is 4.13. The Hall–Kier alpha value is -1.40. The molecule has 0 bridgehead atoms. The number of rotatable bonds is 6. The smallest absolute Gasteiger partial charge is 0.332 e. The highest BCUT2D eigenvalue weighted by Gasteiger charge is 2.18. The van der Waals surface area contributed by atoms with Crippen molar-refractivity contribution in [1.82, 2.24) is 0 Å². The van der Waals surface area contributed by atoms with Crippen molar-refractivity contribution in [2.45, 2.75) is 12.8 Å². The van der Waals surface area contributed by atoms with Crippen LogP contribution in [-0.4, -0.2) is 35.2 Å². The molecule has 0 heterocycles. The van der Waals surface area contributed by atoms with Gasteiger partial charge >= 0.3 is 11.9 Å². The molecule has 0 aliphatic rings. The number of nitrogens with two attached hydrogens (primary N) is 2. The van der Waals surface area contributed by atoms with Crippen LogP contribution in [0.3, 0.4) is 0 Å². The van der Waals surface area contributed by atoms with Gasteiger partial charge in [0.2, 0.25) is 0 Å². The van der Waals surface area contributed by atoms with Crippen LogP contribution in [0.15, 0.2) is 11.1 Å². The number of carboxylic acid groups (broad SMARTS) is 2. The van der Waals surface area contributed by atoms with E-state index >= 15 is 0 Å². The molecular formula is C8H14N2O4. The van der Waals surface area contributed by atoms with Crippen LogP contribution in [0.25, 0.3) is 0 Å². The van der Waals surface area contributed by atoms with E-state index in [2.05, 4.69) is 0 Å². The SMILES string of the molecule is NCCC(C(=O)O)=C(CCN)C(=O)O. The molecule has 0 aromatic heterocycles. The average Bonchev–Trinajstić information content (AvgIpc) is 2.10. The first-order chi connectivity index (χ1) is 6.54. The van der Waals surface area contributed by atoms with Gasteiger partial charge in [0.25, 0.3) is 0 Å². The van der Waals surface area contributed by atoms with E-state index in [9.17, 15) is 9.59 Å². The van der Waals surface area contributed by atoms with Crippen molar-refractivity contribution in [2.24, 2.45) is 11.5 Å². The molecule has 14 heavy (non-hydrogen) atoms. The Balaban J connectivity index is 5.03. The third kappa shape index (κ3) is 3.55. The Morgan fingerprint density at radius 2 is 1.14 bits per heavy atom. The molecule has 0 saturated heterocycles. The second-order valence-electron chi connectivity index (χ2n) is 2.64. The van der Waals surface area contributed by atoms with E-state index in [1.807, 2.05) is 0 Å². The number of carbonyl (C=O) groups is 2. The lowest BCUT2D eigenvalue weighted by Gasteiger charge is -2.06. The molecule has 0 unspecified atom stereocenters. The zero-order valence-corrected chi connectivity index (χ0v) is 7.69. The summed E-state index contributed by atoms with van der Waals surface area (Å²) < 4.78 is 0. The van der Waals surface area contributed by atoms with Gasteiger partial charge in [-0.2, -0.15) is 0 Å². The van der Waals surface area contributed by atoms with Gasteiger partial charge in [-0.05, 0) is 25.9 Å². The van der Waals surface area contributed by atoms with Crippen LogP contribution < -0.4 is 11.5 Å². The maximum atomic E-state index is 10.7. The minimum Gasteiger partial charge on any atom is -0.478 e. The van der Waals surface area contributed by atoms with Crippen molar-refractivity contribution in [3.05, 3.63) is 11.1 Å². The quantitative estimate of drug-likeness (QED) is 0.415. The standard InChI is InChI=1S/C8H14N2O4/c9-3-1-5(7(11)12)6(2-4-10)8(13)14/h1-4,9-10H2,(H,11,12)(H,13,14). The normalized spacial score (nSPS) is 12.1. The average molecular weight is 202 g/mol. The van der Waals surface area contributed by atoms with E-state index in [-0.39, 0.29) is 37.1 Å². The summed E-state index contributed by atoms with van der Waals surface area (Å²) in [6.45, 7) is 0.200. The Bertz CT molecular complexity index is 234. The van der Waals surface area contributed by atoms with Crippen LogP contribution in [0.2, 0.25) is 0 Å². The van der Waals surface area contributed by atoms with Crippen molar-refractivity contribution in [1.29, 1.82) is 0 Å². The zero-order valence-electron chi connectivity index (χ0n) is 7.69. The number of carboxylic acids is 2. The molecule has 0 atom stereocenters. The maximum Gasteiger partial charge on any atom is 0.332 e. The molecule has 0 radical (unpaired) electrons. The fourth-order valence-electron chi connectivity index (χ4n) is 1.06. The molecule has 80 valence electrons. The first kappa shape index (κ1) is 12.6. The number of hydrogen-bond donors (Lipinski definition) is 4. The summed E-state index contributed by atoms with van der Waals surface area (Å²) in [7, 11) is 0.